The second kappa shape index (κ2) is 9.15. The van der Waals surface area contributed by atoms with Gasteiger partial charge in [0.15, 0.2) is 0 Å². The minimum atomic E-state index is -4.49. The van der Waals surface area contributed by atoms with Crippen LogP contribution in [0.1, 0.15) is 61.7 Å². The number of rotatable bonds is 4. The Morgan fingerprint density at radius 2 is 1.94 bits per heavy atom. The first kappa shape index (κ1) is 23.8. The Bertz CT molecular complexity index is 1340. The topological polar surface area (TPSA) is 55.0 Å². The number of thiophene rings is 1. The average molecular weight is 485 g/mol. The number of benzene rings is 1. The van der Waals surface area contributed by atoms with Crippen LogP contribution in [0.3, 0.4) is 0 Å². The van der Waals surface area contributed by atoms with Gasteiger partial charge in [-0.05, 0) is 80.5 Å². The molecule has 0 unspecified atom stereocenters. The Hall–Kier alpha value is -3.31. The van der Waals surface area contributed by atoms with E-state index in [-0.39, 0.29) is 17.1 Å². The summed E-state index contributed by atoms with van der Waals surface area (Å²) < 4.78 is 46.5. The molecule has 1 aliphatic rings. The molecule has 0 bridgehead atoms. The van der Waals surface area contributed by atoms with Crippen molar-refractivity contribution in [2.24, 2.45) is 0 Å². The summed E-state index contributed by atoms with van der Waals surface area (Å²) in [6, 6.07) is 8.66. The molecule has 0 saturated heterocycles. The van der Waals surface area contributed by atoms with Crippen molar-refractivity contribution >= 4 is 29.0 Å². The lowest BCUT2D eigenvalue weighted by molar-refractivity contribution is -0.137. The number of carbonyl (C=O) groups is 1. The fourth-order valence-electron chi connectivity index (χ4n) is 4.47. The first-order valence-corrected chi connectivity index (χ1v) is 11.7. The van der Waals surface area contributed by atoms with E-state index in [9.17, 15) is 23.2 Å². The Morgan fingerprint density at radius 1 is 1.21 bits per heavy atom. The summed E-state index contributed by atoms with van der Waals surface area (Å²) in [6.07, 6.45) is 0.955. The van der Waals surface area contributed by atoms with Gasteiger partial charge in [0.25, 0.3) is 0 Å². The van der Waals surface area contributed by atoms with Crippen molar-refractivity contribution in [2.45, 2.75) is 45.7 Å². The third kappa shape index (κ3) is 4.28. The van der Waals surface area contributed by atoms with Gasteiger partial charge in [0.05, 0.1) is 29.9 Å². The van der Waals surface area contributed by atoms with Crippen LogP contribution in [-0.2, 0) is 23.8 Å². The lowest BCUT2D eigenvalue weighted by Crippen LogP contribution is -2.11. The van der Waals surface area contributed by atoms with Crippen LogP contribution in [-0.4, -0.2) is 17.6 Å². The summed E-state index contributed by atoms with van der Waals surface area (Å²) in [4.78, 5) is 13.9. The van der Waals surface area contributed by atoms with Gasteiger partial charge >= 0.3 is 12.1 Å². The molecule has 8 heteroatoms. The molecule has 0 radical (unpaired) electrons. The van der Waals surface area contributed by atoms with Crippen LogP contribution in [0, 0.1) is 25.2 Å². The minimum absolute atomic E-state index is 0.130. The number of alkyl halides is 3. The lowest BCUT2D eigenvalue weighted by atomic mass is 9.95. The molecule has 1 aliphatic carbocycles. The van der Waals surface area contributed by atoms with Crippen molar-refractivity contribution in [1.82, 2.24) is 4.57 Å². The van der Waals surface area contributed by atoms with Crippen LogP contribution in [0.15, 0.2) is 30.3 Å². The highest BCUT2D eigenvalue weighted by atomic mass is 32.1. The van der Waals surface area contributed by atoms with Crippen molar-refractivity contribution in [3.63, 3.8) is 0 Å². The number of esters is 1. The molecule has 0 amide bonds. The molecule has 0 saturated carbocycles. The van der Waals surface area contributed by atoms with Crippen LogP contribution in [0.2, 0.25) is 0 Å². The number of fused-ring (bicyclic) bond motifs is 1. The molecule has 0 aliphatic heterocycles. The number of aryl methyl sites for hydroxylation is 2. The number of aromatic nitrogens is 1. The molecule has 0 atom stereocenters. The van der Waals surface area contributed by atoms with Crippen molar-refractivity contribution in [2.75, 3.05) is 7.11 Å². The first-order valence-electron chi connectivity index (χ1n) is 10.9. The lowest BCUT2D eigenvalue weighted by Gasteiger charge is -2.13. The first-order chi connectivity index (χ1) is 16.2. The van der Waals surface area contributed by atoms with E-state index in [4.69, 9.17) is 4.74 Å². The smallest absolute Gasteiger partial charge is 0.416 e. The average Bonchev–Trinajstić information content (AvgIpc) is 3.32. The Morgan fingerprint density at radius 3 is 2.62 bits per heavy atom. The molecule has 0 fully saturated rings. The fraction of sp³-hybridized carbons (Fsp3) is 0.308. The molecular weight excluding hydrogens is 461 g/mol. The van der Waals surface area contributed by atoms with Crippen molar-refractivity contribution in [1.29, 1.82) is 5.26 Å². The number of nitrogens with zero attached hydrogens (tertiary/aromatic N) is 2. The van der Waals surface area contributed by atoms with Crippen LogP contribution in [0.25, 0.3) is 16.7 Å². The molecule has 1 aromatic carbocycles. The maximum Gasteiger partial charge on any atom is 0.416 e. The Kier molecular flexibility index (Phi) is 6.41. The van der Waals surface area contributed by atoms with E-state index in [0.717, 1.165) is 59.8 Å². The van der Waals surface area contributed by atoms with Gasteiger partial charge in [0.1, 0.15) is 5.00 Å². The van der Waals surface area contributed by atoms with E-state index in [2.05, 4.69) is 0 Å². The summed E-state index contributed by atoms with van der Waals surface area (Å²) in [5.41, 5.74) is 3.50. The number of nitriles is 1. The van der Waals surface area contributed by atoms with E-state index < -0.39 is 11.7 Å². The van der Waals surface area contributed by atoms with Crippen molar-refractivity contribution in [3.8, 4) is 11.1 Å². The minimum Gasteiger partial charge on any atom is -0.465 e. The van der Waals surface area contributed by atoms with E-state index in [0.29, 0.717) is 11.1 Å². The zero-order valence-electron chi connectivity index (χ0n) is 19.0. The van der Waals surface area contributed by atoms with Gasteiger partial charge in [-0.1, -0.05) is 12.1 Å². The normalized spacial score (nSPS) is 14.0. The maximum atomic E-state index is 13.2. The zero-order chi connectivity index (χ0) is 24.6. The summed E-state index contributed by atoms with van der Waals surface area (Å²) >= 11 is 1.58. The second-order valence-corrected chi connectivity index (χ2v) is 9.38. The molecule has 3 aromatic rings. The number of hydrogen-bond acceptors (Lipinski definition) is 4. The molecule has 34 heavy (non-hydrogen) atoms. The highest BCUT2D eigenvalue weighted by Gasteiger charge is 2.31. The molecule has 4 nitrogen and oxygen atoms in total. The second-order valence-electron chi connectivity index (χ2n) is 8.29. The van der Waals surface area contributed by atoms with Gasteiger partial charge in [0, 0.05) is 16.3 Å². The number of hydrogen-bond donors (Lipinski definition) is 0. The third-order valence-electron chi connectivity index (χ3n) is 6.14. The quantitative estimate of drug-likeness (QED) is 0.299. The van der Waals surface area contributed by atoms with Gasteiger partial charge in [-0.2, -0.15) is 18.4 Å². The Labute approximate surface area is 199 Å². The van der Waals surface area contributed by atoms with Gasteiger partial charge < -0.3 is 9.30 Å². The maximum absolute atomic E-state index is 13.2. The fourth-order valence-corrected chi connectivity index (χ4v) is 5.95. The van der Waals surface area contributed by atoms with Crippen LogP contribution < -0.4 is 0 Å². The summed E-state index contributed by atoms with van der Waals surface area (Å²) in [6.45, 7) is 3.78. The largest absolute Gasteiger partial charge is 0.465 e. The predicted octanol–water partition coefficient (Wildman–Crippen LogP) is 6.90. The molecule has 4 rings (SSSR count). The number of ether oxygens (including phenoxy) is 1. The third-order valence-corrected chi connectivity index (χ3v) is 7.41. The standard InChI is InChI=1S/C26H23F3N2O2S/c1-15-11-18(12-19(14-30)17-7-6-8-20(13-17)26(27,28)29)16(2)31(15)24-23(25(32)33-3)21-9-4-5-10-22(21)34-24/h6-8,11-13H,4-5,9-10H2,1-3H3/b19-12-. The van der Waals surface area contributed by atoms with E-state index in [1.807, 2.05) is 30.6 Å². The van der Waals surface area contributed by atoms with E-state index in [1.54, 1.807) is 17.4 Å². The van der Waals surface area contributed by atoms with Gasteiger partial charge in [-0.15, -0.1) is 11.3 Å². The van der Waals surface area contributed by atoms with Crippen LogP contribution in [0.4, 0.5) is 13.2 Å². The molecule has 2 aromatic heterocycles. The molecule has 2 heterocycles. The van der Waals surface area contributed by atoms with Crippen molar-refractivity contribution < 1.29 is 22.7 Å². The highest BCUT2D eigenvalue weighted by molar-refractivity contribution is 7.15. The summed E-state index contributed by atoms with van der Waals surface area (Å²) in [7, 11) is 1.37. The van der Waals surface area contributed by atoms with Gasteiger partial charge in [-0.25, -0.2) is 4.79 Å². The number of carbonyl (C=O) groups excluding carboxylic acids is 1. The van der Waals surface area contributed by atoms with Gasteiger partial charge in [-0.3, -0.25) is 0 Å². The van der Waals surface area contributed by atoms with E-state index in [1.165, 1.54) is 24.1 Å². The predicted molar refractivity (Wildman–Crippen MR) is 126 cm³/mol. The number of halogens is 3. The molecule has 0 spiro atoms. The molecule has 176 valence electrons. The highest BCUT2D eigenvalue weighted by Crippen LogP contribution is 2.39. The monoisotopic (exact) mass is 484 g/mol. The number of methoxy groups -OCH3 is 1. The van der Waals surface area contributed by atoms with Crippen LogP contribution >= 0.6 is 11.3 Å². The van der Waals surface area contributed by atoms with Crippen molar-refractivity contribution in [3.05, 3.63) is 74.4 Å². The van der Waals surface area contributed by atoms with Crippen LogP contribution in [0.5, 0.6) is 0 Å². The SMILES string of the molecule is COC(=O)c1c(-n2c(C)cc(/C=C(/C#N)c3cccc(C(F)(F)F)c3)c2C)sc2c1CCCC2. The van der Waals surface area contributed by atoms with E-state index >= 15 is 0 Å². The molecular formula is C26H23F3N2O2S. The zero-order valence-corrected chi connectivity index (χ0v) is 19.9. The summed E-state index contributed by atoms with van der Waals surface area (Å²) in [5.74, 6) is -0.374. The Balaban J connectivity index is 1.83. The summed E-state index contributed by atoms with van der Waals surface area (Å²) in [5, 5.41) is 10.5. The number of allylic oxidation sites excluding steroid dienone is 1. The molecule has 0 N–H and O–H groups in total. The van der Waals surface area contributed by atoms with Gasteiger partial charge in [0.2, 0.25) is 0 Å².